The number of Topliss-reactive ketones (excluding diaryl/α,β-unsaturated/α-hetero) is 1. The van der Waals surface area contributed by atoms with Crippen LogP contribution in [-0.2, 0) is 6.61 Å². The molecule has 1 aliphatic heterocycles. The predicted octanol–water partition coefficient (Wildman–Crippen LogP) is 6.37. The van der Waals surface area contributed by atoms with Crippen molar-refractivity contribution in [2.45, 2.75) is 11.5 Å². The number of thioether (sulfide) groups is 1. The number of fused-ring (bicyclic) bond motifs is 1. The highest BCUT2D eigenvalue weighted by molar-refractivity contribution is 9.10. The monoisotopic (exact) mass is 452 g/mol. The van der Waals surface area contributed by atoms with Crippen LogP contribution in [0, 0.1) is 0 Å². The molecule has 3 nitrogen and oxygen atoms in total. The fraction of sp³-hybridized carbons (Fsp3) is 0.0870. The van der Waals surface area contributed by atoms with E-state index in [0.29, 0.717) is 23.0 Å². The molecule has 0 unspecified atom stereocenters. The van der Waals surface area contributed by atoms with Crippen LogP contribution in [0.4, 0.5) is 0 Å². The lowest BCUT2D eigenvalue weighted by Gasteiger charge is -2.13. The fourth-order valence-corrected chi connectivity index (χ4v) is 4.43. The Bertz CT molecular complexity index is 1060. The summed E-state index contributed by atoms with van der Waals surface area (Å²) in [6.07, 6.45) is 1.89. The summed E-state index contributed by atoms with van der Waals surface area (Å²) < 4.78 is 12.3. The van der Waals surface area contributed by atoms with Gasteiger partial charge in [0.15, 0.2) is 11.5 Å². The molecule has 1 aliphatic rings. The van der Waals surface area contributed by atoms with E-state index in [4.69, 9.17) is 9.47 Å². The quantitative estimate of drug-likeness (QED) is 0.421. The summed E-state index contributed by atoms with van der Waals surface area (Å²) in [5, 5.41) is 0. The van der Waals surface area contributed by atoms with Gasteiger partial charge in [-0.2, -0.15) is 0 Å². The zero-order valence-corrected chi connectivity index (χ0v) is 17.5. The Morgan fingerprint density at radius 2 is 1.75 bits per heavy atom. The van der Waals surface area contributed by atoms with Crippen LogP contribution in [-0.4, -0.2) is 12.9 Å². The van der Waals surface area contributed by atoms with Gasteiger partial charge in [0, 0.05) is 14.9 Å². The molecule has 3 aromatic carbocycles. The van der Waals surface area contributed by atoms with Crippen LogP contribution >= 0.6 is 27.7 Å². The summed E-state index contributed by atoms with van der Waals surface area (Å²) in [5.41, 5.74) is 2.70. The molecule has 0 saturated carbocycles. The summed E-state index contributed by atoms with van der Waals surface area (Å²) in [6, 6.07) is 21.4. The van der Waals surface area contributed by atoms with E-state index >= 15 is 0 Å². The summed E-state index contributed by atoms with van der Waals surface area (Å²) in [7, 11) is 1.61. The number of hydrogen-bond acceptors (Lipinski definition) is 4. The molecule has 0 aliphatic carbocycles. The van der Waals surface area contributed by atoms with E-state index in [0.717, 1.165) is 26.1 Å². The Hall–Kier alpha value is -2.50. The lowest BCUT2D eigenvalue weighted by molar-refractivity contribution is 0.104. The first-order chi connectivity index (χ1) is 13.7. The Labute approximate surface area is 176 Å². The van der Waals surface area contributed by atoms with Crippen LogP contribution < -0.4 is 9.47 Å². The molecule has 1 heterocycles. The highest BCUT2D eigenvalue weighted by Crippen LogP contribution is 2.42. The van der Waals surface area contributed by atoms with Crippen LogP contribution in [0.25, 0.3) is 6.08 Å². The largest absolute Gasteiger partial charge is 0.493 e. The first kappa shape index (κ1) is 18.8. The molecule has 3 aromatic rings. The molecular weight excluding hydrogens is 436 g/mol. The fourth-order valence-electron chi connectivity index (χ4n) is 2.95. The van der Waals surface area contributed by atoms with Crippen LogP contribution in [0.1, 0.15) is 21.5 Å². The van der Waals surface area contributed by atoms with Gasteiger partial charge >= 0.3 is 0 Å². The zero-order valence-electron chi connectivity index (χ0n) is 15.1. The van der Waals surface area contributed by atoms with E-state index in [1.807, 2.05) is 72.8 Å². The molecule has 140 valence electrons. The van der Waals surface area contributed by atoms with E-state index in [-0.39, 0.29) is 5.78 Å². The molecule has 0 fully saturated rings. The van der Waals surface area contributed by atoms with Gasteiger partial charge < -0.3 is 9.47 Å². The van der Waals surface area contributed by atoms with Crippen LogP contribution in [0.15, 0.2) is 81.0 Å². The minimum absolute atomic E-state index is 0.0517. The molecule has 0 spiro atoms. The molecule has 0 amide bonds. The second kappa shape index (κ2) is 8.25. The molecule has 0 aromatic heterocycles. The van der Waals surface area contributed by atoms with Crippen LogP contribution in [0.3, 0.4) is 0 Å². The number of carbonyl (C=O) groups is 1. The van der Waals surface area contributed by atoms with Crippen molar-refractivity contribution in [2.24, 2.45) is 0 Å². The van der Waals surface area contributed by atoms with Gasteiger partial charge in [-0.05, 0) is 41.5 Å². The first-order valence-electron chi connectivity index (χ1n) is 8.73. The lowest BCUT2D eigenvalue weighted by Crippen LogP contribution is -1.99. The van der Waals surface area contributed by atoms with E-state index in [1.54, 1.807) is 7.11 Å². The van der Waals surface area contributed by atoms with Crippen molar-refractivity contribution in [1.29, 1.82) is 0 Å². The third-order valence-electron chi connectivity index (χ3n) is 4.38. The first-order valence-corrected chi connectivity index (χ1v) is 10.3. The summed E-state index contributed by atoms with van der Waals surface area (Å²) in [5.74, 6) is 1.32. The van der Waals surface area contributed by atoms with Gasteiger partial charge in [-0.1, -0.05) is 70.2 Å². The molecule has 28 heavy (non-hydrogen) atoms. The summed E-state index contributed by atoms with van der Waals surface area (Å²) in [6.45, 7) is 0.452. The van der Waals surface area contributed by atoms with Crippen molar-refractivity contribution < 1.29 is 14.3 Å². The van der Waals surface area contributed by atoms with Crippen molar-refractivity contribution in [3.63, 3.8) is 0 Å². The minimum Gasteiger partial charge on any atom is -0.493 e. The molecule has 0 atom stereocenters. The van der Waals surface area contributed by atoms with E-state index in [9.17, 15) is 4.79 Å². The number of allylic oxidation sites excluding steroid dienone is 1. The Kier molecular flexibility index (Phi) is 5.55. The smallest absolute Gasteiger partial charge is 0.200 e. The average molecular weight is 453 g/mol. The van der Waals surface area contributed by atoms with E-state index in [1.165, 1.54) is 11.8 Å². The Balaban J connectivity index is 1.60. The van der Waals surface area contributed by atoms with Crippen molar-refractivity contribution in [3.8, 4) is 11.5 Å². The highest BCUT2D eigenvalue weighted by Gasteiger charge is 2.25. The van der Waals surface area contributed by atoms with Gasteiger partial charge in [0.2, 0.25) is 5.78 Å². The number of carbonyl (C=O) groups excluding carboxylic acids is 1. The Morgan fingerprint density at radius 3 is 2.50 bits per heavy atom. The maximum Gasteiger partial charge on any atom is 0.200 e. The maximum atomic E-state index is 12.6. The van der Waals surface area contributed by atoms with Crippen molar-refractivity contribution in [2.75, 3.05) is 7.11 Å². The highest BCUT2D eigenvalue weighted by atomic mass is 79.9. The average Bonchev–Trinajstić information content (AvgIpc) is 3.04. The molecule has 0 radical (unpaired) electrons. The van der Waals surface area contributed by atoms with Gasteiger partial charge in [-0.25, -0.2) is 0 Å². The second-order valence-corrected chi connectivity index (χ2v) is 8.17. The van der Waals surface area contributed by atoms with Gasteiger partial charge in [0.1, 0.15) is 6.61 Å². The topological polar surface area (TPSA) is 35.5 Å². The van der Waals surface area contributed by atoms with Crippen molar-refractivity contribution in [3.05, 3.63) is 92.8 Å². The molecule has 5 heteroatoms. The number of halogens is 1. The Morgan fingerprint density at radius 1 is 1.00 bits per heavy atom. The van der Waals surface area contributed by atoms with E-state index in [2.05, 4.69) is 15.9 Å². The zero-order chi connectivity index (χ0) is 19.5. The second-order valence-electron chi connectivity index (χ2n) is 6.23. The number of ether oxygens (including phenoxy) is 2. The number of hydrogen-bond donors (Lipinski definition) is 0. The number of benzene rings is 3. The van der Waals surface area contributed by atoms with Crippen LogP contribution in [0.2, 0.25) is 0 Å². The molecule has 4 rings (SSSR count). The third-order valence-corrected chi connectivity index (χ3v) is 6.17. The number of methoxy groups -OCH3 is 1. The standard InChI is InChI=1S/C23H17BrO3S/c1-26-19-11-16(12-22-23(25)17-9-5-6-10-21(17)28-22)18(24)13-20(19)27-14-15-7-3-2-4-8-15/h2-13H,14H2,1H3/b22-12-. The molecule has 0 bridgehead atoms. The number of rotatable bonds is 5. The minimum atomic E-state index is 0.0517. The lowest BCUT2D eigenvalue weighted by atomic mass is 10.1. The van der Waals surface area contributed by atoms with Gasteiger partial charge in [-0.3, -0.25) is 4.79 Å². The third kappa shape index (κ3) is 3.86. The predicted molar refractivity (Wildman–Crippen MR) is 116 cm³/mol. The molecule has 0 N–H and O–H groups in total. The van der Waals surface area contributed by atoms with Crippen molar-refractivity contribution >= 4 is 39.6 Å². The SMILES string of the molecule is COc1cc(/C=C2\Sc3ccccc3C2=O)c(Br)cc1OCc1ccccc1. The maximum absolute atomic E-state index is 12.6. The van der Waals surface area contributed by atoms with Crippen LogP contribution in [0.5, 0.6) is 11.5 Å². The normalized spacial score (nSPS) is 14.2. The van der Waals surface area contributed by atoms with Crippen molar-refractivity contribution in [1.82, 2.24) is 0 Å². The summed E-state index contributed by atoms with van der Waals surface area (Å²) >= 11 is 5.09. The van der Waals surface area contributed by atoms with Gasteiger partial charge in [0.05, 0.1) is 12.0 Å². The summed E-state index contributed by atoms with van der Waals surface area (Å²) in [4.78, 5) is 14.3. The van der Waals surface area contributed by atoms with Gasteiger partial charge in [-0.15, -0.1) is 0 Å². The number of ketones is 1. The molecular formula is C23H17BrO3S. The van der Waals surface area contributed by atoms with Gasteiger partial charge in [0.25, 0.3) is 0 Å². The van der Waals surface area contributed by atoms with E-state index < -0.39 is 0 Å². The molecule has 0 saturated heterocycles.